The van der Waals surface area contributed by atoms with Crippen LogP contribution in [-0.2, 0) is 34.0 Å². The highest BCUT2D eigenvalue weighted by Gasteiger charge is 2.45. The van der Waals surface area contributed by atoms with E-state index in [0.29, 0.717) is 25.1 Å². The fraction of sp³-hybridized carbons (Fsp3) is 0.429. The zero-order valence-electron chi connectivity index (χ0n) is 31.4. The second kappa shape index (κ2) is 16.1. The molecule has 7 rings (SSSR count). The molecule has 13 nitrogen and oxygen atoms in total. The number of anilines is 1. The third kappa shape index (κ3) is 8.18. The number of benzene rings is 3. The van der Waals surface area contributed by atoms with Gasteiger partial charge in [0, 0.05) is 64.2 Å². The van der Waals surface area contributed by atoms with Gasteiger partial charge in [-0.1, -0.05) is 44.5 Å². The van der Waals surface area contributed by atoms with Crippen LogP contribution < -0.4 is 10.6 Å². The molecule has 13 heteroatoms. The molecule has 2 saturated heterocycles. The highest BCUT2D eigenvalue weighted by molar-refractivity contribution is 6.26. The zero-order chi connectivity index (χ0) is 38.8. The molecule has 0 aromatic heterocycles. The van der Waals surface area contributed by atoms with Gasteiger partial charge in [-0.25, -0.2) is 0 Å². The molecule has 55 heavy (non-hydrogen) atoms. The fourth-order valence-electron chi connectivity index (χ4n) is 8.08. The van der Waals surface area contributed by atoms with Crippen molar-refractivity contribution in [3.05, 3.63) is 93.5 Å². The lowest BCUT2D eigenvalue weighted by molar-refractivity contribution is -0.136. The molecular weight excluding hydrogens is 700 g/mol. The lowest BCUT2D eigenvalue weighted by Crippen LogP contribution is -2.54. The van der Waals surface area contributed by atoms with Crippen molar-refractivity contribution in [1.29, 1.82) is 0 Å². The Kier molecular flexibility index (Phi) is 11.1. The van der Waals surface area contributed by atoms with Crippen molar-refractivity contribution in [2.45, 2.75) is 84.0 Å². The van der Waals surface area contributed by atoms with Crippen LogP contribution in [0.3, 0.4) is 0 Å². The number of rotatable bonds is 12. The van der Waals surface area contributed by atoms with Gasteiger partial charge < -0.3 is 20.2 Å². The number of phenolic OH excluding ortho intramolecular Hbond substituents is 1. The molecular formula is C42H48N6O7. The molecule has 0 spiro atoms. The smallest absolute Gasteiger partial charge is 0.264 e. The van der Waals surface area contributed by atoms with Gasteiger partial charge in [-0.2, -0.15) is 0 Å². The van der Waals surface area contributed by atoms with Crippen molar-refractivity contribution in [2.75, 3.05) is 38.0 Å². The monoisotopic (exact) mass is 748 g/mol. The number of amides is 6. The molecule has 0 radical (unpaired) electrons. The maximum Gasteiger partial charge on any atom is 0.264 e. The molecule has 0 saturated carbocycles. The Balaban J connectivity index is 0.813. The largest absolute Gasteiger partial charge is 0.508 e. The quantitative estimate of drug-likeness (QED) is 0.180. The molecule has 0 aliphatic carbocycles. The molecule has 1 atom stereocenters. The van der Waals surface area contributed by atoms with E-state index in [2.05, 4.69) is 38.6 Å². The zero-order valence-corrected chi connectivity index (χ0v) is 31.4. The predicted octanol–water partition coefficient (Wildman–Crippen LogP) is 4.39. The first-order valence-corrected chi connectivity index (χ1v) is 19.3. The van der Waals surface area contributed by atoms with E-state index in [1.165, 1.54) is 22.8 Å². The Morgan fingerprint density at radius 2 is 1.64 bits per heavy atom. The van der Waals surface area contributed by atoms with E-state index in [4.69, 9.17) is 0 Å². The van der Waals surface area contributed by atoms with Crippen molar-refractivity contribution in [3.63, 3.8) is 0 Å². The standard InChI is InChI=1S/C42H48N6O7/c1-26(2)32-22-28(12-14-35(32)49)40(53)47-24-29-11-10-27(21-30(29)25-47)23-46-19-17-45(18-20-46)16-5-3-4-9-36(50)43-33-8-6-7-31-38(33)42(55)48(41(31)54)34-13-15-37(51)44-39(34)52/h6-8,10-12,14,21-22,26,34,49H,3-5,9,13,15-20,23-25H2,1-2H3,(H,43,50)(H,44,51,52). The molecule has 2 fully saturated rings. The molecule has 4 aliphatic rings. The van der Waals surface area contributed by atoms with Gasteiger partial charge in [-0.05, 0) is 84.3 Å². The van der Waals surface area contributed by atoms with E-state index in [0.717, 1.165) is 62.6 Å². The van der Waals surface area contributed by atoms with Gasteiger partial charge in [0.25, 0.3) is 17.7 Å². The van der Waals surface area contributed by atoms with Crippen molar-refractivity contribution in [1.82, 2.24) is 24.9 Å². The number of nitrogens with one attached hydrogen (secondary N) is 2. The molecule has 4 aliphatic heterocycles. The summed E-state index contributed by atoms with van der Waals surface area (Å²) in [5, 5.41) is 15.2. The highest BCUT2D eigenvalue weighted by Crippen LogP contribution is 2.33. The van der Waals surface area contributed by atoms with E-state index < -0.39 is 29.7 Å². The second-order valence-corrected chi connectivity index (χ2v) is 15.3. The SMILES string of the molecule is CC(C)c1cc(C(=O)N2Cc3ccc(CN4CCN(CCCCCC(=O)Nc5cccc6c5C(=O)N(C5CCC(=O)NC5=O)C6=O)CC4)cc3C2)ccc1O. The van der Waals surface area contributed by atoms with Crippen LogP contribution in [0.15, 0.2) is 54.6 Å². The van der Waals surface area contributed by atoms with E-state index in [-0.39, 0.29) is 59.6 Å². The summed E-state index contributed by atoms with van der Waals surface area (Å²) in [6.45, 7) is 10.9. The van der Waals surface area contributed by atoms with Crippen molar-refractivity contribution < 1.29 is 33.9 Å². The van der Waals surface area contributed by atoms with Crippen LogP contribution in [-0.4, -0.2) is 98.9 Å². The number of carbonyl (C=O) groups excluding carboxylic acids is 6. The molecule has 6 amide bonds. The van der Waals surface area contributed by atoms with E-state index in [9.17, 15) is 33.9 Å². The predicted molar refractivity (Wildman–Crippen MR) is 204 cm³/mol. The molecule has 1 unspecified atom stereocenters. The molecule has 4 heterocycles. The Morgan fingerprint density at radius 3 is 2.40 bits per heavy atom. The van der Waals surface area contributed by atoms with Crippen LogP contribution in [0.25, 0.3) is 0 Å². The lowest BCUT2D eigenvalue weighted by Gasteiger charge is -2.34. The number of unbranched alkanes of at least 4 members (excludes halogenated alkanes) is 2. The summed E-state index contributed by atoms with van der Waals surface area (Å²) >= 11 is 0. The van der Waals surface area contributed by atoms with Crippen LogP contribution in [0.2, 0.25) is 0 Å². The van der Waals surface area contributed by atoms with Gasteiger partial charge in [0.1, 0.15) is 11.8 Å². The minimum absolute atomic E-state index is 0.0212. The number of piperidine rings is 1. The highest BCUT2D eigenvalue weighted by atomic mass is 16.3. The summed E-state index contributed by atoms with van der Waals surface area (Å²) in [6.07, 6.45) is 2.91. The molecule has 0 bridgehead atoms. The summed E-state index contributed by atoms with van der Waals surface area (Å²) < 4.78 is 0. The van der Waals surface area contributed by atoms with Gasteiger partial charge >= 0.3 is 0 Å². The normalized spacial score (nSPS) is 18.9. The number of carbonyl (C=O) groups is 6. The van der Waals surface area contributed by atoms with Crippen molar-refractivity contribution in [3.8, 4) is 5.75 Å². The van der Waals surface area contributed by atoms with Crippen LogP contribution in [0.4, 0.5) is 5.69 Å². The van der Waals surface area contributed by atoms with Gasteiger partial charge in [0.15, 0.2) is 0 Å². The van der Waals surface area contributed by atoms with Gasteiger partial charge in [-0.3, -0.25) is 43.9 Å². The number of nitrogens with zero attached hydrogens (tertiary/aromatic N) is 4. The minimum Gasteiger partial charge on any atom is -0.508 e. The summed E-state index contributed by atoms with van der Waals surface area (Å²) in [5.41, 5.74) is 5.45. The third-order valence-corrected chi connectivity index (χ3v) is 11.2. The van der Waals surface area contributed by atoms with Gasteiger partial charge in [0.05, 0.1) is 16.8 Å². The van der Waals surface area contributed by atoms with Crippen molar-refractivity contribution >= 4 is 41.1 Å². The lowest BCUT2D eigenvalue weighted by atomic mass is 9.99. The molecule has 288 valence electrons. The maximum atomic E-state index is 13.3. The fourth-order valence-corrected chi connectivity index (χ4v) is 8.08. The van der Waals surface area contributed by atoms with Crippen LogP contribution in [0, 0.1) is 0 Å². The Bertz CT molecular complexity index is 2040. The molecule has 3 aromatic rings. The minimum atomic E-state index is -1.06. The average Bonchev–Trinajstić information content (AvgIpc) is 3.70. The van der Waals surface area contributed by atoms with E-state index >= 15 is 0 Å². The first-order chi connectivity index (χ1) is 26.5. The number of phenols is 1. The number of imide groups is 2. The van der Waals surface area contributed by atoms with E-state index in [1.807, 2.05) is 24.8 Å². The Hall–Kier alpha value is -5.40. The summed E-state index contributed by atoms with van der Waals surface area (Å²) in [5.74, 6) is -2.29. The van der Waals surface area contributed by atoms with Crippen LogP contribution in [0.1, 0.15) is 112 Å². The number of aromatic hydroxyl groups is 1. The number of hydrogen-bond donors (Lipinski definition) is 3. The van der Waals surface area contributed by atoms with Gasteiger partial charge in [0.2, 0.25) is 17.7 Å². The Morgan fingerprint density at radius 1 is 0.873 bits per heavy atom. The molecule has 3 aromatic carbocycles. The topological polar surface area (TPSA) is 160 Å². The van der Waals surface area contributed by atoms with Crippen molar-refractivity contribution in [2.24, 2.45) is 0 Å². The first kappa shape index (κ1) is 37.9. The third-order valence-electron chi connectivity index (χ3n) is 11.2. The summed E-state index contributed by atoms with van der Waals surface area (Å²) in [6, 6.07) is 15.3. The molecule has 3 N–H and O–H groups in total. The van der Waals surface area contributed by atoms with E-state index in [1.54, 1.807) is 24.3 Å². The summed E-state index contributed by atoms with van der Waals surface area (Å²) in [4.78, 5) is 84.3. The maximum absolute atomic E-state index is 13.3. The number of hydrogen-bond acceptors (Lipinski definition) is 9. The first-order valence-electron chi connectivity index (χ1n) is 19.3. The second-order valence-electron chi connectivity index (χ2n) is 15.3. The number of piperazine rings is 1. The summed E-state index contributed by atoms with van der Waals surface area (Å²) in [7, 11) is 0. The van der Waals surface area contributed by atoms with Crippen LogP contribution >= 0.6 is 0 Å². The van der Waals surface area contributed by atoms with Crippen LogP contribution in [0.5, 0.6) is 5.75 Å². The average molecular weight is 749 g/mol. The Labute approximate surface area is 320 Å². The number of fused-ring (bicyclic) bond motifs is 2. The van der Waals surface area contributed by atoms with Gasteiger partial charge in [-0.15, -0.1) is 0 Å².